The summed E-state index contributed by atoms with van der Waals surface area (Å²) in [7, 11) is 0. The van der Waals surface area contributed by atoms with E-state index in [1.807, 2.05) is 42.4 Å². The van der Waals surface area contributed by atoms with E-state index in [0.717, 1.165) is 47.7 Å². The molecule has 6 nitrogen and oxygen atoms in total. The van der Waals surface area contributed by atoms with Crippen LogP contribution in [0.2, 0.25) is 0 Å². The number of pyridine rings is 1. The number of benzene rings is 1. The lowest BCUT2D eigenvalue weighted by molar-refractivity contribution is 0.204. The molecule has 0 radical (unpaired) electrons. The Hall–Kier alpha value is -3.15. The minimum Gasteiger partial charge on any atom is -0.326 e. The molecule has 0 saturated carbocycles. The van der Waals surface area contributed by atoms with Gasteiger partial charge >= 0.3 is 6.03 Å². The van der Waals surface area contributed by atoms with Crippen LogP contribution in [0.1, 0.15) is 47.1 Å². The second kappa shape index (κ2) is 8.07. The molecular weight excluding hydrogens is 362 g/mol. The zero-order valence-corrected chi connectivity index (χ0v) is 17.2. The van der Waals surface area contributed by atoms with E-state index in [1.54, 1.807) is 6.20 Å². The summed E-state index contributed by atoms with van der Waals surface area (Å²) in [5.41, 5.74) is 5.33. The first kappa shape index (κ1) is 19.2. The number of imidazole rings is 1. The van der Waals surface area contributed by atoms with Gasteiger partial charge in [0.15, 0.2) is 0 Å². The maximum absolute atomic E-state index is 13.1. The van der Waals surface area contributed by atoms with Gasteiger partial charge in [-0.3, -0.25) is 4.98 Å². The molecule has 150 valence electrons. The van der Waals surface area contributed by atoms with Crippen LogP contribution in [0.3, 0.4) is 0 Å². The van der Waals surface area contributed by atoms with Crippen molar-refractivity contribution >= 4 is 11.7 Å². The summed E-state index contributed by atoms with van der Waals surface area (Å²) in [5, 5.41) is 3.10. The van der Waals surface area contributed by atoms with Crippen molar-refractivity contribution in [1.82, 2.24) is 19.4 Å². The molecule has 4 rings (SSSR count). The van der Waals surface area contributed by atoms with Gasteiger partial charge in [0.05, 0.1) is 12.6 Å². The molecule has 2 aromatic heterocycles. The Bertz CT molecular complexity index is 1010. The molecule has 2 amide bonds. The van der Waals surface area contributed by atoms with Crippen molar-refractivity contribution in [3.05, 3.63) is 77.1 Å². The number of nitrogens with one attached hydrogen (secondary N) is 1. The van der Waals surface area contributed by atoms with Crippen LogP contribution in [0.25, 0.3) is 0 Å². The largest absolute Gasteiger partial charge is 0.326 e. The van der Waals surface area contributed by atoms with E-state index in [2.05, 4.69) is 45.8 Å². The maximum atomic E-state index is 13.1. The molecule has 1 aliphatic heterocycles. The van der Waals surface area contributed by atoms with Crippen LogP contribution in [-0.2, 0) is 6.54 Å². The number of nitrogens with zero attached hydrogens (tertiary/aromatic N) is 4. The highest BCUT2D eigenvalue weighted by molar-refractivity contribution is 5.90. The van der Waals surface area contributed by atoms with Gasteiger partial charge in [0.1, 0.15) is 5.82 Å². The molecule has 1 N–H and O–H groups in total. The minimum absolute atomic E-state index is 0.0221. The van der Waals surface area contributed by atoms with Gasteiger partial charge in [-0.25, -0.2) is 9.78 Å². The van der Waals surface area contributed by atoms with Gasteiger partial charge in [0, 0.05) is 36.5 Å². The summed E-state index contributed by atoms with van der Waals surface area (Å²) in [5.74, 6) is 0.944. The maximum Gasteiger partial charge on any atom is 0.322 e. The van der Waals surface area contributed by atoms with Gasteiger partial charge in [-0.2, -0.15) is 0 Å². The van der Waals surface area contributed by atoms with Crippen LogP contribution >= 0.6 is 0 Å². The first-order valence-corrected chi connectivity index (χ1v) is 10.1. The average Bonchev–Trinajstić information content (AvgIpc) is 3.32. The van der Waals surface area contributed by atoms with Crippen LogP contribution in [0, 0.1) is 20.8 Å². The number of aryl methyl sites for hydroxylation is 3. The fraction of sp³-hybridized carbons (Fsp3) is 0.348. The number of likely N-dealkylation sites (tertiary alicyclic amines) is 1. The minimum atomic E-state index is -0.0620. The van der Waals surface area contributed by atoms with Gasteiger partial charge in [-0.15, -0.1) is 0 Å². The number of hydrogen-bond donors (Lipinski definition) is 1. The number of hydrogen-bond acceptors (Lipinski definition) is 3. The van der Waals surface area contributed by atoms with Crippen molar-refractivity contribution in [3.8, 4) is 0 Å². The zero-order valence-electron chi connectivity index (χ0n) is 17.2. The lowest BCUT2D eigenvalue weighted by Gasteiger charge is -2.26. The van der Waals surface area contributed by atoms with E-state index in [0.29, 0.717) is 6.54 Å². The fourth-order valence-corrected chi connectivity index (χ4v) is 4.04. The molecule has 3 heterocycles. The smallest absolute Gasteiger partial charge is 0.322 e. The lowest BCUT2D eigenvalue weighted by atomic mass is 10.1. The van der Waals surface area contributed by atoms with Gasteiger partial charge in [-0.05, 0) is 56.9 Å². The quantitative estimate of drug-likeness (QED) is 0.708. The first-order chi connectivity index (χ1) is 14.0. The molecular formula is C23H27N5O. The SMILES string of the molecule is Cc1ccc(NC(=O)N2CCCC2c2ncc(C)n2Cc2cccnc2)c(C)c1. The molecule has 1 atom stereocenters. The highest BCUT2D eigenvalue weighted by Crippen LogP contribution is 2.33. The van der Waals surface area contributed by atoms with E-state index in [-0.39, 0.29) is 12.1 Å². The Labute approximate surface area is 171 Å². The average molecular weight is 390 g/mol. The van der Waals surface area contributed by atoms with Crippen molar-refractivity contribution in [1.29, 1.82) is 0 Å². The van der Waals surface area contributed by atoms with Crippen LogP contribution < -0.4 is 5.32 Å². The van der Waals surface area contributed by atoms with Gasteiger partial charge < -0.3 is 14.8 Å². The second-order valence-corrected chi connectivity index (χ2v) is 7.81. The Balaban J connectivity index is 1.56. The molecule has 1 aromatic carbocycles. The summed E-state index contributed by atoms with van der Waals surface area (Å²) in [6, 6.07) is 10.0. The Morgan fingerprint density at radius 3 is 2.83 bits per heavy atom. The fourth-order valence-electron chi connectivity index (χ4n) is 4.04. The number of carbonyl (C=O) groups is 1. The number of anilines is 1. The molecule has 1 saturated heterocycles. The van der Waals surface area contributed by atoms with Gasteiger partial charge in [0.2, 0.25) is 0 Å². The van der Waals surface area contributed by atoms with E-state index < -0.39 is 0 Å². The molecule has 1 fully saturated rings. The zero-order chi connectivity index (χ0) is 20.4. The monoisotopic (exact) mass is 389 g/mol. The molecule has 1 unspecified atom stereocenters. The standard InChI is InChI=1S/C23H27N5O/c1-16-8-9-20(17(2)12-16)26-23(29)27-11-5-7-21(27)22-25-13-18(3)28(22)15-19-6-4-10-24-14-19/h4,6,8-10,12-14,21H,5,7,11,15H2,1-3H3,(H,26,29). The molecule has 6 heteroatoms. The third-order valence-corrected chi connectivity index (χ3v) is 5.58. The van der Waals surface area contributed by atoms with E-state index in [4.69, 9.17) is 0 Å². The number of rotatable bonds is 4. The summed E-state index contributed by atoms with van der Waals surface area (Å²) in [4.78, 5) is 23.9. The molecule has 0 bridgehead atoms. The topological polar surface area (TPSA) is 63.1 Å². The Morgan fingerprint density at radius 1 is 1.21 bits per heavy atom. The molecule has 0 spiro atoms. The van der Waals surface area contributed by atoms with E-state index >= 15 is 0 Å². The summed E-state index contributed by atoms with van der Waals surface area (Å²) in [6.45, 7) is 7.58. The summed E-state index contributed by atoms with van der Waals surface area (Å²) >= 11 is 0. The van der Waals surface area contributed by atoms with Crippen LogP contribution in [0.5, 0.6) is 0 Å². The number of urea groups is 1. The van der Waals surface area contributed by atoms with Crippen molar-refractivity contribution in [2.45, 2.75) is 46.2 Å². The Kier molecular flexibility index (Phi) is 5.34. The predicted octanol–water partition coefficient (Wildman–Crippen LogP) is 4.62. The highest BCUT2D eigenvalue weighted by atomic mass is 16.2. The number of amides is 2. The summed E-state index contributed by atoms with van der Waals surface area (Å²) < 4.78 is 2.20. The molecule has 29 heavy (non-hydrogen) atoms. The van der Waals surface area contributed by atoms with E-state index in [9.17, 15) is 4.79 Å². The number of carbonyl (C=O) groups excluding carboxylic acids is 1. The van der Waals surface area contributed by atoms with Gasteiger partial charge in [0.25, 0.3) is 0 Å². The molecule has 1 aliphatic rings. The predicted molar refractivity (Wildman–Crippen MR) is 114 cm³/mol. The van der Waals surface area contributed by atoms with Crippen LogP contribution in [0.4, 0.5) is 10.5 Å². The third kappa shape index (κ3) is 4.01. The lowest BCUT2D eigenvalue weighted by Crippen LogP contribution is -2.35. The summed E-state index contributed by atoms with van der Waals surface area (Å²) in [6.07, 6.45) is 7.45. The Morgan fingerprint density at radius 2 is 2.07 bits per heavy atom. The second-order valence-electron chi connectivity index (χ2n) is 7.81. The molecule has 3 aromatic rings. The first-order valence-electron chi connectivity index (χ1n) is 10.1. The normalized spacial score (nSPS) is 16.2. The highest BCUT2D eigenvalue weighted by Gasteiger charge is 2.33. The van der Waals surface area contributed by atoms with Gasteiger partial charge in [-0.1, -0.05) is 23.8 Å². The third-order valence-electron chi connectivity index (χ3n) is 5.58. The van der Waals surface area contributed by atoms with Crippen molar-refractivity contribution in [3.63, 3.8) is 0 Å². The van der Waals surface area contributed by atoms with E-state index in [1.165, 1.54) is 5.56 Å². The number of aromatic nitrogens is 3. The van der Waals surface area contributed by atoms with Crippen molar-refractivity contribution < 1.29 is 4.79 Å². The van der Waals surface area contributed by atoms with Crippen molar-refractivity contribution in [2.75, 3.05) is 11.9 Å². The molecule has 0 aliphatic carbocycles. The van der Waals surface area contributed by atoms with Crippen LogP contribution in [-0.4, -0.2) is 32.0 Å². The van der Waals surface area contributed by atoms with Crippen LogP contribution in [0.15, 0.2) is 48.9 Å². The van der Waals surface area contributed by atoms with Crippen molar-refractivity contribution in [2.24, 2.45) is 0 Å².